The van der Waals surface area contributed by atoms with Gasteiger partial charge >= 0.3 is 11.4 Å². The van der Waals surface area contributed by atoms with E-state index in [0.717, 1.165) is 0 Å². The second-order valence-corrected chi connectivity index (χ2v) is 6.27. The molecule has 1 aliphatic heterocycles. The number of halogens is 2. The molecule has 0 saturated heterocycles. The van der Waals surface area contributed by atoms with Gasteiger partial charge < -0.3 is 4.84 Å². The van der Waals surface area contributed by atoms with E-state index in [9.17, 15) is 15.3 Å². The zero-order valence-corrected chi connectivity index (χ0v) is 14.3. The molecule has 2 aromatic rings. The fourth-order valence-electron chi connectivity index (χ4n) is 2.55. The first-order valence-electron chi connectivity index (χ1n) is 7.31. The van der Waals surface area contributed by atoms with E-state index in [1.807, 2.05) is 0 Å². The van der Waals surface area contributed by atoms with E-state index >= 15 is 0 Å². The van der Waals surface area contributed by atoms with Crippen molar-refractivity contribution in [2.75, 3.05) is 0 Å². The Morgan fingerprint density at radius 2 is 1.88 bits per heavy atom. The molecule has 0 N–H and O–H groups in total. The molecule has 2 aromatic carbocycles. The van der Waals surface area contributed by atoms with Crippen LogP contribution in [0, 0.1) is 15.3 Å². The van der Waals surface area contributed by atoms with Gasteiger partial charge in [0, 0.05) is 21.0 Å². The molecule has 1 heterocycles. The summed E-state index contributed by atoms with van der Waals surface area (Å²) in [6.45, 7) is 0. The lowest BCUT2D eigenvalue weighted by Gasteiger charge is -2.11. The molecule has 0 amide bonds. The second-order valence-electron chi connectivity index (χ2n) is 5.40. The Labute approximate surface area is 153 Å². The Kier molecular flexibility index (Phi) is 4.92. The number of hydrogen-bond acceptors (Lipinski definition) is 4. The highest BCUT2D eigenvalue weighted by atomic mass is 35.5. The van der Waals surface area contributed by atoms with E-state index in [-0.39, 0.29) is 22.7 Å². The Balaban J connectivity index is 1.92. The fourth-order valence-corrected chi connectivity index (χ4v) is 2.94. The number of benzene rings is 2. The molecule has 0 aromatic heterocycles. The van der Waals surface area contributed by atoms with Gasteiger partial charge in [-0.15, -0.1) is 0 Å². The number of rotatable bonds is 4. The molecule has 0 fully saturated rings. The SMILES string of the molecule is O=[N+]([O-])/C(=C/c1cccc(Cl)c1)C1=[N+]([O-])OC(c2cccc(Cl)c2)C1. The van der Waals surface area contributed by atoms with Crippen molar-refractivity contribution in [3.63, 3.8) is 0 Å². The van der Waals surface area contributed by atoms with Crippen molar-refractivity contribution in [2.45, 2.75) is 12.5 Å². The van der Waals surface area contributed by atoms with Crippen molar-refractivity contribution in [2.24, 2.45) is 0 Å². The Hall–Kier alpha value is -2.57. The molecule has 25 heavy (non-hydrogen) atoms. The second kappa shape index (κ2) is 7.13. The maximum absolute atomic E-state index is 12.1. The third kappa shape index (κ3) is 3.92. The highest BCUT2D eigenvalue weighted by molar-refractivity contribution is 6.31. The fraction of sp³-hybridized carbons (Fsp3) is 0.118. The molecule has 0 aliphatic carbocycles. The van der Waals surface area contributed by atoms with Crippen LogP contribution in [0.5, 0.6) is 0 Å². The molecule has 128 valence electrons. The standard InChI is InChI=1S/C17H12Cl2N2O4/c18-13-5-1-3-11(7-13)8-15(20(22)23)16-10-17(25-21(16)24)12-4-2-6-14(19)9-12/h1-9,17H,10H2/b15-8+. The van der Waals surface area contributed by atoms with Crippen LogP contribution in [0.3, 0.4) is 0 Å². The molecule has 1 unspecified atom stereocenters. The smallest absolute Gasteiger partial charge is 0.342 e. The van der Waals surface area contributed by atoms with Crippen molar-refractivity contribution in [1.82, 2.24) is 0 Å². The number of nitro groups is 1. The average Bonchev–Trinajstić information content (AvgIpc) is 2.94. The molecule has 8 heteroatoms. The van der Waals surface area contributed by atoms with E-state index in [2.05, 4.69) is 0 Å². The summed E-state index contributed by atoms with van der Waals surface area (Å²) in [5.41, 5.74) is 0.803. The summed E-state index contributed by atoms with van der Waals surface area (Å²) in [6, 6.07) is 13.4. The molecule has 1 aliphatic rings. The summed E-state index contributed by atoms with van der Waals surface area (Å²) in [5, 5.41) is 24.5. The van der Waals surface area contributed by atoms with E-state index in [1.54, 1.807) is 48.5 Å². The molecule has 0 bridgehead atoms. The maximum atomic E-state index is 12.1. The lowest BCUT2D eigenvalue weighted by Crippen LogP contribution is -2.16. The van der Waals surface area contributed by atoms with Crippen molar-refractivity contribution in [3.8, 4) is 0 Å². The van der Waals surface area contributed by atoms with Gasteiger partial charge in [-0.1, -0.05) is 47.5 Å². The van der Waals surface area contributed by atoms with Crippen LogP contribution in [0.4, 0.5) is 0 Å². The van der Waals surface area contributed by atoms with Crippen molar-refractivity contribution in [1.29, 1.82) is 0 Å². The van der Waals surface area contributed by atoms with Crippen LogP contribution < -0.4 is 0 Å². The third-order valence-corrected chi connectivity index (χ3v) is 4.16. The summed E-state index contributed by atoms with van der Waals surface area (Å²) in [6.07, 6.45) is 0.737. The minimum atomic E-state index is -0.631. The van der Waals surface area contributed by atoms with Crippen molar-refractivity contribution >= 4 is 35.0 Å². The van der Waals surface area contributed by atoms with Crippen LogP contribution >= 0.6 is 23.2 Å². The van der Waals surface area contributed by atoms with Gasteiger partial charge in [0.05, 0.1) is 11.3 Å². The zero-order chi connectivity index (χ0) is 18.0. The first kappa shape index (κ1) is 17.3. The van der Waals surface area contributed by atoms with Crippen molar-refractivity contribution < 1.29 is 14.7 Å². The molecular formula is C17H12Cl2N2O4. The van der Waals surface area contributed by atoms with Crippen LogP contribution in [-0.4, -0.2) is 15.5 Å². The third-order valence-electron chi connectivity index (χ3n) is 3.69. The van der Waals surface area contributed by atoms with Crippen molar-refractivity contribution in [3.05, 3.63) is 90.7 Å². The van der Waals surface area contributed by atoms with Gasteiger partial charge in [-0.05, 0) is 35.4 Å². The topological polar surface area (TPSA) is 78.4 Å². The van der Waals surface area contributed by atoms with Gasteiger partial charge in [0.1, 0.15) is 6.10 Å². The summed E-state index contributed by atoms with van der Waals surface area (Å²) >= 11 is 11.8. The average molecular weight is 379 g/mol. The van der Waals surface area contributed by atoms with Gasteiger partial charge in [-0.25, -0.2) is 0 Å². The molecule has 0 spiro atoms. The quantitative estimate of drug-likeness (QED) is 0.441. The maximum Gasteiger partial charge on any atom is 0.342 e. The summed E-state index contributed by atoms with van der Waals surface area (Å²) in [4.78, 5) is 16.3. The lowest BCUT2D eigenvalue weighted by atomic mass is 10.0. The normalized spacial score (nSPS) is 17.5. The molecular weight excluding hydrogens is 367 g/mol. The predicted molar refractivity (Wildman–Crippen MR) is 95.0 cm³/mol. The Morgan fingerprint density at radius 3 is 2.52 bits per heavy atom. The molecule has 1 atom stereocenters. The van der Waals surface area contributed by atoms with Crippen LogP contribution in [0.25, 0.3) is 6.08 Å². The van der Waals surface area contributed by atoms with Crippen LogP contribution in [-0.2, 0) is 4.84 Å². The van der Waals surface area contributed by atoms with E-state index < -0.39 is 11.0 Å². The summed E-state index contributed by atoms with van der Waals surface area (Å²) in [7, 11) is 0. The minimum absolute atomic E-state index is 0.0602. The molecule has 0 radical (unpaired) electrons. The number of allylic oxidation sites excluding steroid dienone is 1. The van der Waals surface area contributed by atoms with E-state index in [1.165, 1.54) is 6.08 Å². The monoisotopic (exact) mass is 378 g/mol. The highest BCUT2D eigenvalue weighted by Crippen LogP contribution is 2.31. The molecule has 6 nitrogen and oxygen atoms in total. The van der Waals surface area contributed by atoms with Gasteiger partial charge in [0.2, 0.25) is 0 Å². The first-order valence-corrected chi connectivity index (χ1v) is 8.07. The van der Waals surface area contributed by atoms with Gasteiger partial charge in [-0.2, -0.15) is 0 Å². The molecule has 0 saturated carbocycles. The largest absolute Gasteiger partial charge is 0.394 e. The van der Waals surface area contributed by atoms with Gasteiger partial charge in [-0.3, -0.25) is 15.3 Å². The predicted octanol–water partition coefficient (Wildman–Crippen LogP) is 4.64. The lowest BCUT2D eigenvalue weighted by molar-refractivity contribution is -0.743. The summed E-state index contributed by atoms with van der Waals surface area (Å²) in [5.74, 6) is 0. The molecule has 3 rings (SSSR count). The summed E-state index contributed by atoms with van der Waals surface area (Å²) < 4.78 is 0. The van der Waals surface area contributed by atoms with E-state index in [4.69, 9.17) is 28.0 Å². The number of hydrogen-bond donors (Lipinski definition) is 0. The first-order chi connectivity index (χ1) is 11.9. The minimum Gasteiger partial charge on any atom is -0.394 e. The Bertz CT molecular complexity index is 896. The number of nitrogens with zero attached hydrogens (tertiary/aromatic N) is 2. The van der Waals surface area contributed by atoms with Crippen LogP contribution in [0.1, 0.15) is 23.7 Å². The zero-order valence-electron chi connectivity index (χ0n) is 12.8. The Morgan fingerprint density at radius 1 is 1.20 bits per heavy atom. The van der Waals surface area contributed by atoms with Gasteiger partial charge in [0.25, 0.3) is 0 Å². The van der Waals surface area contributed by atoms with Crippen LogP contribution in [0.2, 0.25) is 10.0 Å². The van der Waals surface area contributed by atoms with Gasteiger partial charge in [0.15, 0.2) is 0 Å². The van der Waals surface area contributed by atoms with Crippen LogP contribution in [0.15, 0.2) is 54.2 Å². The highest BCUT2D eigenvalue weighted by Gasteiger charge is 2.38. The van der Waals surface area contributed by atoms with E-state index in [0.29, 0.717) is 21.2 Å².